The van der Waals surface area contributed by atoms with E-state index in [0.717, 1.165) is 11.1 Å². The maximum atomic E-state index is 12.5. The molecule has 2 aromatic carbocycles. The van der Waals surface area contributed by atoms with E-state index in [4.69, 9.17) is 4.74 Å². The molecule has 0 aliphatic carbocycles. The largest absolute Gasteiger partial charge is 0.508 e. The van der Waals surface area contributed by atoms with E-state index in [-0.39, 0.29) is 18.1 Å². The number of aliphatic hydroxyl groups excluding tert-OH is 2. The highest BCUT2D eigenvalue weighted by Crippen LogP contribution is 2.32. The number of benzene rings is 2. The fraction of sp³-hybridized carbons (Fsp3) is 0.333. The van der Waals surface area contributed by atoms with Crippen molar-refractivity contribution in [1.82, 2.24) is 0 Å². The summed E-state index contributed by atoms with van der Waals surface area (Å²) >= 11 is 0. The van der Waals surface area contributed by atoms with Crippen LogP contribution in [-0.4, -0.2) is 54.1 Å². The Morgan fingerprint density at radius 2 is 1.84 bits per heavy atom. The molecule has 2 atom stereocenters. The summed E-state index contributed by atoms with van der Waals surface area (Å²) in [6.07, 6.45) is 1.84. The van der Waals surface area contributed by atoms with Crippen molar-refractivity contribution in [3.63, 3.8) is 0 Å². The second kappa shape index (κ2) is 10.1. The van der Waals surface area contributed by atoms with Crippen LogP contribution in [0, 0.1) is 0 Å². The Balaban J connectivity index is 1.73. The lowest BCUT2D eigenvalue weighted by molar-refractivity contribution is 0.187. The van der Waals surface area contributed by atoms with Crippen molar-refractivity contribution >= 4 is 15.9 Å². The van der Waals surface area contributed by atoms with Crippen molar-refractivity contribution in [2.75, 3.05) is 19.0 Å². The van der Waals surface area contributed by atoms with Gasteiger partial charge < -0.3 is 20.1 Å². The van der Waals surface area contributed by atoms with Gasteiger partial charge in [0.15, 0.2) is 9.84 Å². The number of aromatic hydroxyl groups is 1. The molecule has 1 aliphatic heterocycles. The number of phenols is 1. The third-order valence-corrected chi connectivity index (χ3v) is 7.38. The molecular formula is C24H28O6S. The van der Waals surface area contributed by atoms with Crippen LogP contribution in [-0.2, 0) is 9.84 Å². The van der Waals surface area contributed by atoms with Gasteiger partial charge in [0.1, 0.15) is 23.4 Å². The van der Waals surface area contributed by atoms with E-state index in [2.05, 4.69) is 0 Å². The van der Waals surface area contributed by atoms with Crippen LogP contribution in [0.3, 0.4) is 0 Å². The van der Waals surface area contributed by atoms with Crippen molar-refractivity contribution in [2.45, 2.75) is 31.1 Å². The van der Waals surface area contributed by atoms with Crippen molar-refractivity contribution in [3.8, 4) is 11.5 Å². The number of hydrogen-bond donors (Lipinski definition) is 3. The average Bonchev–Trinajstić information content (AvgIpc) is 3.02. The molecule has 0 aromatic heterocycles. The van der Waals surface area contributed by atoms with Crippen LogP contribution in [0.5, 0.6) is 11.5 Å². The molecule has 31 heavy (non-hydrogen) atoms. The zero-order valence-electron chi connectivity index (χ0n) is 17.4. The van der Waals surface area contributed by atoms with Gasteiger partial charge in [-0.15, -0.1) is 0 Å². The van der Waals surface area contributed by atoms with Gasteiger partial charge in [0.2, 0.25) is 0 Å². The average molecular weight is 445 g/mol. The lowest BCUT2D eigenvalue weighted by Gasteiger charge is -2.19. The van der Waals surface area contributed by atoms with Crippen LogP contribution in [0.15, 0.2) is 71.3 Å². The Labute approximate surface area is 183 Å². The third kappa shape index (κ3) is 5.97. The summed E-state index contributed by atoms with van der Waals surface area (Å²) in [6, 6.07) is 15.9. The van der Waals surface area contributed by atoms with Crippen LogP contribution in [0.4, 0.5) is 0 Å². The maximum absolute atomic E-state index is 12.5. The maximum Gasteiger partial charge on any atom is 0.163 e. The first kappa shape index (κ1) is 23.1. The van der Waals surface area contributed by atoms with Gasteiger partial charge in [0, 0.05) is 0 Å². The Morgan fingerprint density at radius 3 is 2.48 bits per heavy atom. The van der Waals surface area contributed by atoms with Crippen molar-refractivity contribution in [2.24, 2.45) is 0 Å². The smallest absolute Gasteiger partial charge is 0.163 e. The lowest BCUT2D eigenvalue weighted by Crippen LogP contribution is -2.29. The first-order valence-electron chi connectivity index (χ1n) is 10.2. The number of rotatable bonds is 9. The van der Waals surface area contributed by atoms with Gasteiger partial charge in [0.05, 0.1) is 18.5 Å². The van der Waals surface area contributed by atoms with Crippen LogP contribution in [0.1, 0.15) is 25.3 Å². The molecule has 0 saturated heterocycles. The minimum atomic E-state index is -3.58. The van der Waals surface area contributed by atoms with E-state index < -0.39 is 27.8 Å². The molecule has 2 aromatic rings. The molecule has 0 amide bonds. The summed E-state index contributed by atoms with van der Waals surface area (Å²) in [5.74, 6) is 0.584. The summed E-state index contributed by atoms with van der Waals surface area (Å²) in [5.41, 5.74) is 2.80. The molecule has 166 valence electrons. The number of sulfone groups is 1. The molecule has 1 heterocycles. The predicted molar refractivity (Wildman–Crippen MR) is 121 cm³/mol. The highest BCUT2D eigenvalue weighted by molar-refractivity contribution is 7.92. The fourth-order valence-electron chi connectivity index (χ4n) is 3.77. The van der Waals surface area contributed by atoms with E-state index in [9.17, 15) is 23.7 Å². The van der Waals surface area contributed by atoms with E-state index in [0.29, 0.717) is 29.7 Å². The molecule has 0 unspecified atom stereocenters. The second-order valence-electron chi connectivity index (χ2n) is 7.78. The third-order valence-electron chi connectivity index (χ3n) is 5.36. The lowest BCUT2D eigenvalue weighted by atomic mass is 9.95. The molecule has 0 fully saturated rings. The number of para-hydroxylation sites is 1. The first-order chi connectivity index (χ1) is 14.8. The summed E-state index contributed by atoms with van der Waals surface area (Å²) in [6.45, 7) is 1.42. The fourth-order valence-corrected chi connectivity index (χ4v) is 5.64. The molecular weight excluding hydrogens is 416 g/mol. The van der Waals surface area contributed by atoms with Gasteiger partial charge in [-0.1, -0.05) is 42.0 Å². The second-order valence-corrected chi connectivity index (χ2v) is 9.96. The van der Waals surface area contributed by atoms with Gasteiger partial charge in [-0.25, -0.2) is 8.42 Å². The highest BCUT2D eigenvalue weighted by atomic mass is 32.2. The Morgan fingerprint density at radius 1 is 1.16 bits per heavy atom. The van der Waals surface area contributed by atoms with Gasteiger partial charge in [-0.3, -0.25) is 0 Å². The van der Waals surface area contributed by atoms with Gasteiger partial charge in [-0.2, -0.15) is 0 Å². The predicted octanol–water partition coefficient (Wildman–Crippen LogP) is 3.10. The number of aliphatic hydroxyl groups is 2. The molecule has 0 bridgehead atoms. The zero-order chi connectivity index (χ0) is 22.4. The van der Waals surface area contributed by atoms with Gasteiger partial charge in [0.25, 0.3) is 0 Å². The Hall–Kier alpha value is -2.61. The van der Waals surface area contributed by atoms with Crippen LogP contribution >= 0.6 is 0 Å². The summed E-state index contributed by atoms with van der Waals surface area (Å²) in [4.78, 5) is 0. The normalized spacial score (nSPS) is 19.5. The minimum Gasteiger partial charge on any atom is -0.508 e. The van der Waals surface area contributed by atoms with Crippen LogP contribution < -0.4 is 4.74 Å². The number of allylic oxidation sites excluding steroid dienone is 1. The van der Waals surface area contributed by atoms with Gasteiger partial charge in [-0.05, 0) is 60.7 Å². The molecule has 3 rings (SSSR count). The number of ether oxygens (including phenoxy) is 1. The van der Waals surface area contributed by atoms with Gasteiger partial charge >= 0.3 is 0 Å². The number of phenolic OH excluding ortho intramolecular Hbond substituents is 1. The Bertz CT molecular complexity index is 1040. The summed E-state index contributed by atoms with van der Waals surface area (Å²) in [5, 5.41) is 28.9. The zero-order valence-corrected chi connectivity index (χ0v) is 18.3. The molecule has 0 saturated carbocycles. The van der Waals surface area contributed by atoms with Crippen LogP contribution in [0.25, 0.3) is 6.08 Å². The minimum absolute atomic E-state index is 0.0501. The molecule has 0 spiro atoms. The molecule has 3 N–H and O–H groups in total. The van der Waals surface area contributed by atoms with E-state index >= 15 is 0 Å². The summed E-state index contributed by atoms with van der Waals surface area (Å²) in [7, 11) is -3.58. The SMILES string of the molecule is C/C(=C\c1ccc(O)cc1)CC[C@@H](O)C1=C(COc2ccccc2)CS(=O)(=O)[C@H]1CO. The molecule has 0 radical (unpaired) electrons. The highest BCUT2D eigenvalue weighted by Gasteiger charge is 2.41. The molecule has 1 aliphatic rings. The quantitative estimate of drug-likeness (QED) is 0.514. The molecule has 6 nitrogen and oxygen atoms in total. The van der Waals surface area contributed by atoms with E-state index in [1.165, 1.54) is 0 Å². The van der Waals surface area contributed by atoms with Crippen molar-refractivity contribution in [3.05, 3.63) is 76.9 Å². The Kier molecular flexibility index (Phi) is 7.54. The van der Waals surface area contributed by atoms with Crippen molar-refractivity contribution in [1.29, 1.82) is 0 Å². The topological polar surface area (TPSA) is 104 Å². The first-order valence-corrected chi connectivity index (χ1v) is 11.9. The number of hydrogen-bond acceptors (Lipinski definition) is 6. The van der Waals surface area contributed by atoms with E-state index in [1.54, 1.807) is 36.4 Å². The van der Waals surface area contributed by atoms with Crippen LogP contribution in [0.2, 0.25) is 0 Å². The van der Waals surface area contributed by atoms with Crippen molar-refractivity contribution < 1.29 is 28.5 Å². The monoisotopic (exact) mass is 444 g/mol. The molecule has 7 heteroatoms. The summed E-state index contributed by atoms with van der Waals surface area (Å²) < 4.78 is 30.8. The van der Waals surface area contributed by atoms with E-state index in [1.807, 2.05) is 31.2 Å². The standard InChI is InChI=1S/C24H28O6S/c1-17(13-18-8-10-20(26)11-9-18)7-12-22(27)24-19(16-31(28,29)23(24)14-25)15-30-21-5-3-2-4-6-21/h2-6,8-11,13,22-23,25-27H,7,12,14-16H2,1H3/b17-13+/t22-,23+/m1/s1.